The number of imidazole rings is 1. The highest BCUT2D eigenvalue weighted by Crippen LogP contribution is 2.24. The number of carboxylic acids is 1. The average molecular weight is 1410 g/mol. The van der Waals surface area contributed by atoms with E-state index in [-0.39, 0.29) is 81.2 Å². The van der Waals surface area contributed by atoms with Crippen LogP contribution in [-0.2, 0) is 81.6 Å². The summed E-state index contributed by atoms with van der Waals surface area (Å²) < 4.78 is 0. The van der Waals surface area contributed by atoms with Crippen molar-refractivity contribution in [3.05, 3.63) is 83.9 Å². The topological polar surface area (TPSA) is 555 Å². The molecule has 0 aliphatic carbocycles. The second-order valence-electron chi connectivity index (χ2n) is 23.8. The number of carbonyl (C=O) groups excluding carboxylic acids is 12. The van der Waals surface area contributed by atoms with Crippen LogP contribution in [0.3, 0.4) is 0 Å². The number of hydrogen-bond donors (Lipinski definition) is 20. The zero-order valence-electron chi connectivity index (χ0n) is 55.5. The lowest BCUT2D eigenvalue weighted by Crippen LogP contribution is -2.62. The van der Waals surface area contributed by atoms with Crippen molar-refractivity contribution in [2.45, 2.75) is 153 Å². The Hall–Kier alpha value is -8.94. The molecule has 3 aromatic rings. The van der Waals surface area contributed by atoms with Crippen LogP contribution in [0.25, 0.3) is 0 Å². The zero-order chi connectivity index (χ0) is 72.3. The largest absolute Gasteiger partial charge is 0.508 e. The minimum absolute atomic E-state index is 0.0116. The number of amides is 12. The van der Waals surface area contributed by atoms with Crippen molar-refractivity contribution in [1.29, 1.82) is 0 Å². The lowest BCUT2D eigenvalue weighted by atomic mass is 9.96. The Bertz CT molecular complexity index is 3120. The number of aromatic hydroxyl groups is 1. The van der Waals surface area contributed by atoms with Gasteiger partial charge in [0.1, 0.15) is 73.0 Å². The number of nitrogens with two attached hydrogens (primary N) is 2. The minimum Gasteiger partial charge on any atom is -0.508 e. The molecule has 540 valence electrons. The molecule has 0 bridgehead atoms. The Kier molecular flexibility index (Phi) is 36.1. The third-order valence-corrected chi connectivity index (χ3v) is 17.8. The van der Waals surface area contributed by atoms with E-state index in [9.17, 15) is 72.5 Å². The van der Waals surface area contributed by atoms with Gasteiger partial charge >= 0.3 is 5.97 Å². The Morgan fingerprint density at radius 3 is 1.77 bits per heavy atom. The summed E-state index contributed by atoms with van der Waals surface area (Å²) in [5, 5.41) is 53.5. The maximum Gasteiger partial charge on any atom is 0.322 e. The predicted octanol–water partition coefficient (Wildman–Crippen LogP) is -6.35. The maximum atomic E-state index is 14.6. The lowest BCUT2D eigenvalue weighted by molar-refractivity contribution is -0.368. The number of carboxylic acid groups (broad SMARTS) is 1. The number of hydrogen-bond acceptors (Lipinski definition) is 20. The SMILES string of the molecule is CC[C@H](C)[C@@H]1NC(=O)[C@H](CCCC[NH3+])NC(=O)[C@H](Cc2ccccc2)NC(=O)CNC(=O)[C@H](Cc2ccc(O)cc2)NC(=O)[C@H](CC(C)C)NC(=O)[C@H](CCCNC(N)N)NC(=O)[C@@H](NC(=O)C[NH3+])CSSC[C@@H](C(=O)NCC(=O)O)NC(=O)CNC(=O)[C@H](Cc2cnc[nH]2)NC1=O. The number of aliphatic carboxylic acids is 1. The molecule has 10 atom stereocenters. The number of benzene rings is 2. The summed E-state index contributed by atoms with van der Waals surface area (Å²) in [4.78, 5) is 188. The molecule has 0 unspecified atom stereocenters. The van der Waals surface area contributed by atoms with Gasteiger partial charge in [0, 0.05) is 42.7 Å². The van der Waals surface area contributed by atoms with Crippen LogP contribution in [0.1, 0.15) is 89.5 Å². The minimum atomic E-state index is -1.48. The van der Waals surface area contributed by atoms with Gasteiger partial charge < -0.3 is 102 Å². The third kappa shape index (κ3) is 30.2. The number of unbranched alkanes of at least 4 members (excludes halogenated alkanes) is 1. The number of nitrogens with zero attached hydrogens (tertiary/aromatic N) is 1. The van der Waals surface area contributed by atoms with Crippen LogP contribution in [0, 0.1) is 11.8 Å². The number of phenols is 1. The summed E-state index contributed by atoms with van der Waals surface area (Å²) in [6, 6.07) is 1.72. The van der Waals surface area contributed by atoms with Crippen LogP contribution >= 0.6 is 21.6 Å². The third-order valence-electron chi connectivity index (χ3n) is 15.3. The molecule has 26 N–H and O–H groups in total. The van der Waals surface area contributed by atoms with Crippen LogP contribution in [-0.4, -0.2) is 208 Å². The molecule has 0 radical (unpaired) electrons. The van der Waals surface area contributed by atoms with Crippen molar-refractivity contribution >= 4 is 98.4 Å². The molecule has 1 fully saturated rings. The van der Waals surface area contributed by atoms with Crippen molar-refractivity contribution in [1.82, 2.24) is 79.1 Å². The van der Waals surface area contributed by atoms with E-state index in [1.54, 1.807) is 58.0 Å². The first-order chi connectivity index (χ1) is 46.7. The first kappa shape index (κ1) is 81.5. The Balaban J connectivity index is 1.83. The molecule has 1 saturated heterocycles. The Labute approximate surface area is 575 Å². The molecule has 0 saturated carbocycles. The van der Waals surface area contributed by atoms with E-state index >= 15 is 0 Å². The Morgan fingerprint density at radius 1 is 0.633 bits per heavy atom. The summed E-state index contributed by atoms with van der Waals surface area (Å²) in [5.74, 6) is -13.2. The molecule has 4 rings (SSSR count). The number of aromatic nitrogens is 2. The first-order valence-corrected chi connectivity index (χ1v) is 34.8. The van der Waals surface area contributed by atoms with Crippen molar-refractivity contribution < 1.29 is 84.0 Å². The van der Waals surface area contributed by atoms with Crippen LogP contribution in [0.15, 0.2) is 67.1 Å². The van der Waals surface area contributed by atoms with E-state index < -0.39 is 163 Å². The molecule has 98 heavy (non-hydrogen) atoms. The van der Waals surface area contributed by atoms with E-state index in [4.69, 9.17) is 11.5 Å². The van der Waals surface area contributed by atoms with E-state index in [0.29, 0.717) is 42.6 Å². The summed E-state index contributed by atoms with van der Waals surface area (Å²) in [7, 11) is 1.85. The smallest absolute Gasteiger partial charge is 0.322 e. The van der Waals surface area contributed by atoms with Gasteiger partial charge in [-0.2, -0.15) is 0 Å². The number of carbonyl (C=O) groups is 13. The van der Waals surface area contributed by atoms with Gasteiger partial charge in [-0.15, -0.1) is 0 Å². The molecule has 2 heterocycles. The van der Waals surface area contributed by atoms with E-state index in [2.05, 4.69) is 90.6 Å². The van der Waals surface area contributed by atoms with Crippen molar-refractivity contribution in [2.24, 2.45) is 23.3 Å². The Morgan fingerprint density at radius 2 is 1.17 bits per heavy atom. The van der Waals surface area contributed by atoms with Gasteiger partial charge in [0.25, 0.3) is 5.91 Å². The summed E-state index contributed by atoms with van der Waals surface area (Å²) in [6.07, 6.45) is 2.59. The van der Waals surface area contributed by atoms with Gasteiger partial charge in [0.2, 0.25) is 65.0 Å². The second kappa shape index (κ2) is 43.4. The fourth-order valence-corrected chi connectivity index (χ4v) is 12.2. The fourth-order valence-electron chi connectivity index (χ4n) is 9.83. The number of rotatable bonds is 24. The highest BCUT2D eigenvalue weighted by atomic mass is 33.1. The van der Waals surface area contributed by atoms with Crippen LogP contribution < -0.4 is 92.1 Å². The quantitative estimate of drug-likeness (QED) is 0.0225. The predicted molar refractivity (Wildman–Crippen MR) is 361 cm³/mol. The molecule has 2 aromatic carbocycles. The molecule has 1 aromatic heterocycles. The van der Waals surface area contributed by atoms with Crippen LogP contribution in [0.5, 0.6) is 5.75 Å². The van der Waals surface area contributed by atoms with Crippen LogP contribution in [0.4, 0.5) is 0 Å². The maximum absolute atomic E-state index is 14.6. The average Bonchev–Trinajstić information content (AvgIpc) is 1.26. The first-order valence-electron chi connectivity index (χ1n) is 32.3. The molecular weight excluding hydrogens is 1310 g/mol. The van der Waals surface area contributed by atoms with E-state index in [0.717, 1.165) is 21.6 Å². The van der Waals surface area contributed by atoms with Gasteiger partial charge in [-0.25, -0.2) is 4.98 Å². The number of aromatic amines is 1. The zero-order valence-corrected chi connectivity index (χ0v) is 57.2. The van der Waals surface area contributed by atoms with E-state index in [1.807, 2.05) is 0 Å². The molecule has 0 spiro atoms. The lowest BCUT2D eigenvalue weighted by Gasteiger charge is -2.29. The van der Waals surface area contributed by atoms with Crippen LogP contribution in [0.2, 0.25) is 0 Å². The van der Waals surface area contributed by atoms with Gasteiger partial charge in [0.05, 0.1) is 26.0 Å². The van der Waals surface area contributed by atoms with Crippen molar-refractivity contribution in [3.8, 4) is 5.75 Å². The fraction of sp³-hybridized carbons (Fsp3) is 0.548. The number of quaternary nitrogens is 2. The number of phenolic OH excluding ortho intramolecular Hbond substituents is 1. The monoisotopic (exact) mass is 1410 g/mol. The second-order valence-corrected chi connectivity index (χ2v) is 26.4. The summed E-state index contributed by atoms with van der Waals surface area (Å²) >= 11 is 0. The molecule has 36 heteroatoms. The summed E-state index contributed by atoms with van der Waals surface area (Å²) in [5.41, 5.74) is 20.3. The van der Waals surface area contributed by atoms with Gasteiger partial charge in [-0.05, 0) is 80.2 Å². The molecule has 12 amide bonds. The van der Waals surface area contributed by atoms with Gasteiger partial charge in [0.15, 0.2) is 6.54 Å². The van der Waals surface area contributed by atoms with Gasteiger partial charge in [-0.3, -0.25) is 67.6 Å². The number of H-pyrrole nitrogens is 1. The molecular formula is C62H97N19O15S2+2. The summed E-state index contributed by atoms with van der Waals surface area (Å²) in [6.45, 7) is 4.90. The molecule has 1 aliphatic heterocycles. The normalized spacial score (nSPS) is 22.7. The standard InChI is InChI=1S/C62H95N19O15S2/c1-5-35(4)52-61(96)80-45(25-38-27-67-33-72-38)54(89)70-29-50(85)75-46(55(90)71-30-51(86)87)31-97-98-32-47(74-48(83)26-64)60(95)77-41(15-11-21-68-62(65)66)56(91)78-42(22-34(2)3)58(93)79-43(24-37-16-18-39(82)19-17-37)53(88)69-28-49(84)73-44(23-36-12-7-6-8-13-36)59(94)76-40(57(92)81-52)14-9-10-20-63/h6-8,12-13,16-19,27,33-35,40-47,52,62,68,82H,5,9-11,14-15,20-26,28-32,63-66H2,1-4H3,(H,67,72)(H,69,88)(H,70,89)(H,71,90)(H,73,84)(H,74,83)(H,75,85)(H,76,94)(H,77,95)(H,78,91)(H,79,93)(H,80,96)(H,81,92)(H,86,87)/p+2/t35-,40-,41-,42-,43-,44-,45-,46-,47-,52-/m0/s1. The highest BCUT2D eigenvalue weighted by molar-refractivity contribution is 8.76. The number of nitrogens with one attached hydrogen (secondary N) is 14. The van der Waals surface area contributed by atoms with Crippen molar-refractivity contribution in [3.63, 3.8) is 0 Å². The highest BCUT2D eigenvalue weighted by Gasteiger charge is 2.36. The van der Waals surface area contributed by atoms with E-state index in [1.165, 1.54) is 36.8 Å². The molecule has 1 aliphatic rings. The van der Waals surface area contributed by atoms with Gasteiger partial charge in [-0.1, -0.05) is 98.2 Å². The van der Waals surface area contributed by atoms with Crippen molar-refractivity contribution in [2.75, 3.05) is 50.8 Å². The molecule has 34 nitrogen and oxygen atoms in total.